The van der Waals surface area contributed by atoms with Crippen LogP contribution in [0.2, 0.25) is 0 Å². The van der Waals surface area contributed by atoms with Crippen LogP contribution in [0.1, 0.15) is 10.4 Å². The SMILES string of the molecule is Cc1cnc(-c2ccc(NS(=O)(=O)c3sc4ccc(F)cc4c3C)c(S(C)(=O)=O)c2)s1. The van der Waals surface area contributed by atoms with Crippen molar-refractivity contribution in [1.82, 2.24) is 4.98 Å². The van der Waals surface area contributed by atoms with Crippen molar-refractivity contribution in [2.75, 3.05) is 11.0 Å². The molecular weight excluding hydrogens is 479 g/mol. The summed E-state index contributed by atoms with van der Waals surface area (Å²) in [5.41, 5.74) is 0.931. The van der Waals surface area contributed by atoms with Gasteiger partial charge >= 0.3 is 0 Å². The number of hydrogen-bond acceptors (Lipinski definition) is 7. The number of anilines is 1. The molecule has 11 heteroatoms. The predicted octanol–water partition coefficient (Wildman–Crippen LogP) is 4.99. The maximum absolute atomic E-state index is 13.6. The van der Waals surface area contributed by atoms with Gasteiger partial charge < -0.3 is 0 Å². The van der Waals surface area contributed by atoms with Gasteiger partial charge in [-0.15, -0.1) is 22.7 Å². The lowest BCUT2D eigenvalue weighted by atomic mass is 10.2. The summed E-state index contributed by atoms with van der Waals surface area (Å²) in [6.45, 7) is 3.48. The van der Waals surface area contributed by atoms with E-state index in [0.717, 1.165) is 22.5 Å². The summed E-state index contributed by atoms with van der Waals surface area (Å²) in [4.78, 5) is 5.08. The Kier molecular flexibility index (Phi) is 5.41. The molecule has 0 bridgehead atoms. The molecule has 0 amide bonds. The van der Waals surface area contributed by atoms with Gasteiger partial charge in [-0.3, -0.25) is 4.72 Å². The molecule has 0 unspecified atom stereocenters. The lowest BCUT2D eigenvalue weighted by Crippen LogP contribution is -2.15. The normalized spacial score (nSPS) is 12.4. The van der Waals surface area contributed by atoms with Crippen LogP contribution in [0.25, 0.3) is 20.7 Å². The Morgan fingerprint density at radius 3 is 2.39 bits per heavy atom. The number of rotatable bonds is 5. The van der Waals surface area contributed by atoms with E-state index in [9.17, 15) is 21.2 Å². The Morgan fingerprint density at radius 1 is 1.00 bits per heavy atom. The molecule has 0 saturated carbocycles. The van der Waals surface area contributed by atoms with E-state index in [0.29, 0.717) is 26.2 Å². The highest BCUT2D eigenvalue weighted by Crippen LogP contribution is 2.37. The molecule has 0 fully saturated rings. The highest BCUT2D eigenvalue weighted by molar-refractivity contribution is 7.95. The first-order chi connectivity index (χ1) is 14.5. The summed E-state index contributed by atoms with van der Waals surface area (Å²) in [6, 6.07) is 8.53. The minimum absolute atomic E-state index is 0.00664. The highest BCUT2D eigenvalue weighted by atomic mass is 32.2. The number of nitrogens with zero attached hydrogens (tertiary/aromatic N) is 1. The molecule has 0 saturated heterocycles. The molecule has 2 heterocycles. The van der Waals surface area contributed by atoms with Gasteiger partial charge in [-0.2, -0.15) is 0 Å². The summed E-state index contributed by atoms with van der Waals surface area (Å²) < 4.78 is 67.7. The second-order valence-corrected chi connectivity index (χ2v) is 13.2. The molecule has 6 nitrogen and oxygen atoms in total. The minimum atomic E-state index is -4.11. The van der Waals surface area contributed by atoms with Crippen LogP contribution in [0, 0.1) is 19.7 Å². The van der Waals surface area contributed by atoms with Gasteiger partial charge in [-0.25, -0.2) is 26.2 Å². The molecule has 2 aromatic heterocycles. The molecule has 0 radical (unpaired) electrons. The Labute approximate surface area is 187 Å². The molecule has 2 aromatic carbocycles. The first kappa shape index (κ1) is 21.9. The fourth-order valence-corrected chi connectivity index (χ4v) is 7.66. The maximum Gasteiger partial charge on any atom is 0.271 e. The first-order valence-corrected chi connectivity index (χ1v) is 13.9. The molecule has 0 spiro atoms. The van der Waals surface area contributed by atoms with E-state index in [1.165, 1.54) is 41.7 Å². The van der Waals surface area contributed by atoms with Gasteiger partial charge in [0.05, 0.1) is 10.6 Å². The standard InChI is InChI=1S/C20H17FN2O4S4/c1-11-10-22-19(28-11)13-4-6-16(18(8-13)30(3,24)25)23-31(26,27)20-12(2)15-9-14(21)5-7-17(15)29-20/h4-10,23H,1-3H3. The molecule has 4 aromatic rings. The molecule has 0 atom stereocenters. The van der Waals surface area contributed by atoms with Crippen molar-refractivity contribution < 1.29 is 21.2 Å². The number of hydrogen-bond donors (Lipinski definition) is 1. The van der Waals surface area contributed by atoms with Crippen molar-refractivity contribution in [2.24, 2.45) is 0 Å². The van der Waals surface area contributed by atoms with Gasteiger partial charge in [0.15, 0.2) is 9.84 Å². The number of nitrogens with one attached hydrogen (secondary N) is 1. The largest absolute Gasteiger partial charge is 0.278 e. The fourth-order valence-electron chi connectivity index (χ4n) is 3.15. The fraction of sp³-hybridized carbons (Fsp3) is 0.150. The molecule has 162 valence electrons. The average molecular weight is 497 g/mol. The second-order valence-electron chi connectivity index (χ2n) is 7.02. The van der Waals surface area contributed by atoms with Gasteiger partial charge in [-0.1, -0.05) is 0 Å². The van der Waals surface area contributed by atoms with E-state index < -0.39 is 25.7 Å². The number of sulfone groups is 1. The number of aryl methyl sites for hydroxylation is 2. The van der Waals surface area contributed by atoms with Crippen molar-refractivity contribution in [3.63, 3.8) is 0 Å². The molecule has 0 aliphatic heterocycles. The lowest BCUT2D eigenvalue weighted by Gasteiger charge is -2.12. The van der Waals surface area contributed by atoms with Crippen LogP contribution in [-0.4, -0.2) is 28.1 Å². The molecule has 31 heavy (non-hydrogen) atoms. The molecular formula is C20H17FN2O4S4. The van der Waals surface area contributed by atoms with Gasteiger partial charge in [0, 0.05) is 27.6 Å². The Balaban J connectivity index is 1.80. The van der Waals surface area contributed by atoms with E-state index in [-0.39, 0.29) is 14.8 Å². The monoisotopic (exact) mass is 496 g/mol. The average Bonchev–Trinajstić information content (AvgIpc) is 3.25. The Hall–Kier alpha value is -2.34. The number of halogens is 1. The van der Waals surface area contributed by atoms with Crippen molar-refractivity contribution in [1.29, 1.82) is 0 Å². The zero-order valence-corrected chi connectivity index (χ0v) is 19.9. The number of thiazole rings is 1. The van der Waals surface area contributed by atoms with E-state index >= 15 is 0 Å². The summed E-state index contributed by atoms with van der Waals surface area (Å²) in [5.74, 6) is -0.460. The van der Waals surface area contributed by atoms with Crippen molar-refractivity contribution >= 4 is 58.3 Å². The Bertz CT molecular complexity index is 1540. The van der Waals surface area contributed by atoms with E-state index in [4.69, 9.17) is 0 Å². The summed E-state index contributed by atoms with van der Waals surface area (Å²) in [7, 11) is -7.85. The second kappa shape index (κ2) is 7.66. The van der Waals surface area contributed by atoms with Gasteiger partial charge in [0.1, 0.15) is 15.0 Å². The van der Waals surface area contributed by atoms with Crippen LogP contribution in [-0.2, 0) is 19.9 Å². The highest BCUT2D eigenvalue weighted by Gasteiger charge is 2.25. The third-order valence-electron chi connectivity index (χ3n) is 4.59. The smallest absolute Gasteiger partial charge is 0.271 e. The van der Waals surface area contributed by atoms with Crippen molar-refractivity contribution in [3.8, 4) is 10.6 Å². The van der Waals surface area contributed by atoms with Gasteiger partial charge in [0.2, 0.25) is 0 Å². The Morgan fingerprint density at radius 2 is 1.74 bits per heavy atom. The number of sulfonamides is 1. The van der Waals surface area contributed by atoms with E-state index in [1.54, 1.807) is 19.2 Å². The zero-order valence-electron chi connectivity index (χ0n) is 16.6. The summed E-state index contributed by atoms with van der Waals surface area (Å²) >= 11 is 2.41. The van der Waals surface area contributed by atoms with E-state index in [2.05, 4.69) is 9.71 Å². The van der Waals surface area contributed by atoms with Crippen LogP contribution in [0.3, 0.4) is 0 Å². The summed E-state index contributed by atoms with van der Waals surface area (Å²) in [6.07, 6.45) is 2.70. The van der Waals surface area contributed by atoms with Crippen molar-refractivity contribution in [2.45, 2.75) is 23.0 Å². The number of benzene rings is 2. The molecule has 1 N–H and O–H groups in total. The predicted molar refractivity (Wildman–Crippen MR) is 123 cm³/mol. The third kappa shape index (κ3) is 4.22. The topological polar surface area (TPSA) is 93.2 Å². The van der Waals surface area contributed by atoms with E-state index in [1.807, 2.05) is 6.92 Å². The number of thiophene rings is 1. The third-order valence-corrected chi connectivity index (χ3v) is 9.95. The lowest BCUT2D eigenvalue weighted by molar-refractivity contribution is 0.602. The van der Waals surface area contributed by atoms with Crippen LogP contribution < -0.4 is 4.72 Å². The van der Waals surface area contributed by atoms with Gasteiger partial charge in [0.25, 0.3) is 10.0 Å². The van der Waals surface area contributed by atoms with Crippen LogP contribution in [0.4, 0.5) is 10.1 Å². The number of aromatic nitrogens is 1. The number of fused-ring (bicyclic) bond motifs is 1. The van der Waals surface area contributed by atoms with Crippen molar-refractivity contribution in [3.05, 3.63) is 58.9 Å². The van der Waals surface area contributed by atoms with Gasteiger partial charge in [-0.05, 0) is 61.2 Å². The van der Waals surface area contributed by atoms with Crippen LogP contribution in [0.5, 0.6) is 0 Å². The quantitative estimate of drug-likeness (QED) is 0.420. The first-order valence-electron chi connectivity index (χ1n) is 8.94. The zero-order chi connectivity index (χ0) is 22.6. The minimum Gasteiger partial charge on any atom is -0.278 e. The molecule has 0 aliphatic carbocycles. The summed E-state index contributed by atoms with van der Waals surface area (Å²) in [5, 5.41) is 1.14. The van der Waals surface area contributed by atoms with Crippen LogP contribution in [0.15, 0.2) is 51.7 Å². The molecule has 0 aliphatic rings. The maximum atomic E-state index is 13.6. The molecule has 4 rings (SSSR count). The van der Waals surface area contributed by atoms with Crippen LogP contribution >= 0.6 is 22.7 Å².